The van der Waals surface area contributed by atoms with Crippen molar-refractivity contribution in [2.75, 3.05) is 32.8 Å². The van der Waals surface area contributed by atoms with E-state index in [-0.39, 0.29) is 11.8 Å². The van der Waals surface area contributed by atoms with Gasteiger partial charge in [-0.15, -0.1) is 0 Å². The average molecular weight is 242 g/mol. The first-order valence-corrected chi connectivity index (χ1v) is 6.48. The molecule has 0 aromatic rings. The molecule has 5 heteroatoms. The van der Waals surface area contributed by atoms with E-state index in [1.165, 1.54) is 0 Å². The van der Waals surface area contributed by atoms with E-state index in [0.717, 1.165) is 25.9 Å². The third-order valence-electron chi connectivity index (χ3n) is 3.68. The van der Waals surface area contributed by atoms with Crippen LogP contribution in [0, 0.1) is 5.92 Å². The van der Waals surface area contributed by atoms with Crippen molar-refractivity contribution in [1.82, 2.24) is 10.6 Å². The quantitative estimate of drug-likeness (QED) is 0.632. The molecule has 2 saturated heterocycles. The predicted molar refractivity (Wildman–Crippen MR) is 63.6 cm³/mol. The second kappa shape index (κ2) is 5.80. The van der Waals surface area contributed by atoms with Crippen LogP contribution in [0.1, 0.15) is 25.7 Å². The fourth-order valence-electron chi connectivity index (χ4n) is 2.40. The fraction of sp³-hybridized carbons (Fsp3) is 0.917. The third-order valence-corrected chi connectivity index (χ3v) is 3.68. The molecule has 0 radical (unpaired) electrons. The zero-order valence-electron chi connectivity index (χ0n) is 10.2. The van der Waals surface area contributed by atoms with Gasteiger partial charge in [0.15, 0.2) is 0 Å². The first-order chi connectivity index (χ1) is 8.20. The Morgan fingerprint density at radius 2 is 2.24 bits per heavy atom. The Balaban J connectivity index is 1.74. The Bertz CT molecular complexity index is 258. The van der Waals surface area contributed by atoms with Crippen molar-refractivity contribution in [2.45, 2.75) is 31.3 Å². The number of carbonyl (C=O) groups is 1. The highest BCUT2D eigenvalue weighted by atomic mass is 16.5. The molecular weight excluding hydrogens is 220 g/mol. The second-order valence-electron chi connectivity index (χ2n) is 5.10. The monoisotopic (exact) mass is 242 g/mol. The number of hydrogen-bond acceptors (Lipinski definition) is 4. The number of rotatable bonds is 3. The number of hydrogen-bond donors (Lipinski definition) is 3. The number of aliphatic hydroxyl groups is 1. The van der Waals surface area contributed by atoms with Crippen molar-refractivity contribution in [3.8, 4) is 0 Å². The molecule has 0 unspecified atom stereocenters. The molecule has 1 amide bonds. The van der Waals surface area contributed by atoms with Gasteiger partial charge in [-0.1, -0.05) is 0 Å². The third kappa shape index (κ3) is 3.66. The summed E-state index contributed by atoms with van der Waals surface area (Å²) in [5.74, 6) is 0.129. The van der Waals surface area contributed by atoms with Crippen molar-refractivity contribution in [2.24, 2.45) is 5.92 Å². The summed E-state index contributed by atoms with van der Waals surface area (Å²) in [7, 11) is 0. The van der Waals surface area contributed by atoms with Gasteiger partial charge in [0.2, 0.25) is 5.91 Å². The highest BCUT2D eigenvalue weighted by Gasteiger charge is 2.31. The Morgan fingerprint density at radius 3 is 2.88 bits per heavy atom. The summed E-state index contributed by atoms with van der Waals surface area (Å²) in [4.78, 5) is 11.9. The van der Waals surface area contributed by atoms with E-state index in [9.17, 15) is 9.90 Å². The molecule has 2 aliphatic rings. The van der Waals surface area contributed by atoms with Crippen molar-refractivity contribution in [3.05, 3.63) is 0 Å². The molecule has 0 saturated carbocycles. The lowest BCUT2D eigenvalue weighted by atomic mass is 9.93. The molecule has 98 valence electrons. The molecular formula is C12H22N2O3. The van der Waals surface area contributed by atoms with Crippen molar-refractivity contribution in [3.63, 3.8) is 0 Å². The number of amides is 1. The molecule has 3 N–H and O–H groups in total. The van der Waals surface area contributed by atoms with E-state index in [2.05, 4.69) is 10.6 Å². The molecule has 5 nitrogen and oxygen atoms in total. The average Bonchev–Trinajstić information content (AvgIpc) is 2.38. The lowest BCUT2D eigenvalue weighted by Gasteiger charge is -2.33. The minimum absolute atomic E-state index is 0.0622. The lowest BCUT2D eigenvalue weighted by molar-refractivity contribution is -0.128. The highest BCUT2D eigenvalue weighted by molar-refractivity contribution is 5.79. The van der Waals surface area contributed by atoms with Gasteiger partial charge in [0.25, 0.3) is 0 Å². The molecule has 2 heterocycles. The normalized spacial score (nSPS) is 28.6. The SMILES string of the molecule is O=C(NCC1(O)CCOCC1)[C@H]1CCCNC1. The minimum Gasteiger partial charge on any atom is -0.388 e. The van der Waals surface area contributed by atoms with E-state index in [0.29, 0.717) is 32.6 Å². The summed E-state index contributed by atoms with van der Waals surface area (Å²) in [5, 5.41) is 16.3. The van der Waals surface area contributed by atoms with Crippen LogP contribution in [0.4, 0.5) is 0 Å². The Labute approximate surface area is 102 Å². The maximum Gasteiger partial charge on any atom is 0.224 e. The molecule has 0 aromatic carbocycles. The summed E-state index contributed by atoms with van der Waals surface area (Å²) in [6.45, 7) is 3.28. The topological polar surface area (TPSA) is 70.6 Å². The van der Waals surface area contributed by atoms with Gasteiger partial charge in [-0.2, -0.15) is 0 Å². The highest BCUT2D eigenvalue weighted by Crippen LogP contribution is 2.19. The van der Waals surface area contributed by atoms with Gasteiger partial charge in [0.05, 0.1) is 11.5 Å². The summed E-state index contributed by atoms with van der Waals surface area (Å²) in [6, 6.07) is 0. The Kier molecular flexibility index (Phi) is 4.36. The van der Waals surface area contributed by atoms with Gasteiger partial charge in [0, 0.05) is 39.1 Å². The maximum absolute atomic E-state index is 11.9. The number of ether oxygens (including phenoxy) is 1. The minimum atomic E-state index is -0.768. The molecule has 0 spiro atoms. The van der Waals surface area contributed by atoms with Crippen LogP contribution in [-0.2, 0) is 9.53 Å². The zero-order valence-corrected chi connectivity index (χ0v) is 10.2. The van der Waals surface area contributed by atoms with E-state index in [1.807, 2.05) is 0 Å². The lowest BCUT2D eigenvalue weighted by Crippen LogP contribution is -2.49. The molecule has 2 rings (SSSR count). The summed E-state index contributed by atoms with van der Waals surface area (Å²) < 4.78 is 5.21. The van der Waals surface area contributed by atoms with Gasteiger partial charge in [0.1, 0.15) is 0 Å². The van der Waals surface area contributed by atoms with Crippen molar-refractivity contribution < 1.29 is 14.6 Å². The van der Waals surface area contributed by atoms with Gasteiger partial charge < -0.3 is 20.5 Å². The van der Waals surface area contributed by atoms with Gasteiger partial charge in [-0.25, -0.2) is 0 Å². The van der Waals surface area contributed by atoms with Gasteiger partial charge >= 0.3 is 0 Å². The van der Waals surface area contributed by atoms with Crippen LogP contribution in [-0.4, -0.2) is 49.5 Å². The standard InChI is InChI=1S/C12H22N2O3/c15-11(10-2-1-5-13-8-10)14-9-12(16)3-6-17-7-4-12/h10,13,16H,1-9H2,(H,14,15)/t10-/m0/s1. The van der Waals surface area contributed by atoms with Crippen molar-refractivity contribution >= 4 is 5.91 Å². The largest absolute Gasteiger partial charge is 0.388 e. The fourth-order valence-corrected chi connectivity index (χ4v) is 2.40. The number of carbonyl (C=O) groups excluding carboxylic acids is 1. The molecule has 0 bridgehead atoms. The zero-order chi connectivity index (χ0) is 12.1. The molecule has 1 atom stereocenters. The van der Waals surface area contributed by atoms with E-state index in [4.69, 9.17) is 4.74 Å². The molecule has 0 aromatic heterocycles. The molecule has 2 fully saturated rings. The second-order valence-corrected chi connectivity index (χ2v) is 5.10. The van der Waals surface area contributed by atoms with E-state index >= 15 is 0 Å². The number of nitrogens with one attached hydrogen (secondary N) is 2. The van der Waals surface area contributed by atoms with Crippen LogP contribution in [0.25, 0.3) is 0 Å². The van der Waals surface area contributed by atoms with Gasteiger partial charge in [-0.3, -0.25) is 4.79 Å². The van der Waals surface area contributed by atoms with Crippen LogP contribution in [0.3, 0.4) is 0 Å². The van der Waals surface area contributed by atoms with E-state index in [1.54, 1.807) is 0 Å². The summed E-state index contributed by atoms with van der Waals surface area (Å²) >= 11 is 0. The summed E-state index contributed by atoms with van der Waals surface area (Å²) in [5.41, 5.74) is -0.768. The molecule has 17 heavy (non-hydrogen) atoms. The van der Waals surface area contributed by atoms with Crippen LogP contribution in [0.2, 0.25) is 0 Å². The van der Waals surface area contributed by atoms with Crippen LogP contribution in [0.5, 0.6) is 0 Å². The molecule has 2 aliphatic heterocycles. The maximum atomic E-state index is 11.9. The number of piperidine rings is 1. The smallest absolute Gasteiger partial charge is 0.224 e. The first kappa shape index (κ1) is 12.8. The van der Waals surface area contributed by atoms with Crippen molar-refractivity contribution in [1.29, 1.82) is 0 Å². The van der Waals surface area contributed by atoms with Crippen LogP contribution >= 0.6 is 0 Å². The van der Waals surface area contributed by atoms with Crippen LogP contribution < -0.4 is 10.6 Å². The predicted octanol–water partition coefficient (Wildman–Crippen LogP) is -0.356. The first-order valence-electron chi connectivity index (χ1n) is 6.48. The molecule has 0 aliphatic carbocycles. The van der Waals surface area contributed by atoms with Crippen LogP contribution in [0.15, 0.2) is 0 Å². The Hall–Kier alpha value is -0.650. The Morgan fingerprint density at radius 1 is 1.47 bits per heavy atom. The van der Waals surface area contributed by atoms with Gasteiger partial charge in [-0.05, 0) is 19.4 Å². The summed E-state index contributed by atoms with van der Waals surface area (Å²) in [6.07, 6.45) is 3.21. The van der Waals surface area contributed by atoms with E-state index < -0.39 is 5.60 Å².